The lowest BCUT2D eigenvalue weighted by Gasteiger charge is -2.27. The predicted octanol–water partition coefficient (Wildman–Crippen LogP) is -1.96. The maximum atomic E-state index is 12.2. The fourth-order valence-corrected chi connectivity index (χ4v) is 1.78. The van der Waals surface area contributed by atoms with E-state index in [1.165, 1.54) is 0 Å². The number of aliphatic carboxylic acids is 1. The summed E-state index contributed by atoms with van der Waals surface area (Å²) in [6.07, 6.45) is 0.276. The van der Waals surface area contributed by atoms with Crippen molar-refractivity contribution in [1.82, 2.24) is 10.6 Å². The van der Waals surface area contributed by atoms with Gasteiger partial charge in [0, 0.05) is 0 Å². The van der Waals surface area contributed by atoms with Crippen molar-refractivity contribution in [3.8, 4) is 0 Å². The van der Waals surface area contributed by atoms with Gasteiger partial charge in [-0.05, 0) is 25.2 Å². The van der Waals surface area contributed by atoms with Crippen LogP contribution in [-0.2, 0) is 14.4 Å². The monoisotopic (exact) mass is 301 g/mol. The van der Waals surface area contributed by atoms with Gasteiger partial charge in [-0.1, -0.05) is 27.7 Å². The van der Waals surface area contributed by atoms with Crippen LogP contribution in [0.15, 0.2) is 0 Å². The van der Waals surface area contributed by atoms with Crippen molar-refractivity contribution in [2.45, 2.75) is 59.2 Å². The van der Waals surface area contributed by atoms with Gasteiger partial charge in [0.15, 0.2) is 6.04 Å². The Bertz CT molecular complexity index is 380. The molecule has 21 heavy (non-hydrogen) atoms. The van der Waals surface area contributed by atoms with Crippen LogP contribution in [0.5, 0.6) is 0 Å². The van der Waals surface area contributed by atoms with Crippen molar-refractivity contribution < 1.29 is 25.2 Å². The number of carbonyl (C=O) groups excluding carboxylic acids is 3. The number of carboxylic acids is 1. The molecule has 0 spiro atoms. The lowest BCUT2D eigenvalue weighted by Crippen LogP contribution is -2.68. The standard InChI is InChI=1S/C14H27N3O4/c1-7(2)6-10(14(20)21)16-13(19)11(8(3)4)17-12(18)9(5)15/h7-11H,6,15H2,1-5H3,(H,16,19)(H,17,18)(H,20,21)/t9-,10-,11-/m0/s1. The Labute approximate surface area is 125 Å². The molecule has 0 aliphatic heterocycles. The van der Waals surface area contributed by atoms with Crippen LogP contribution in [0.1, 0.15) is 41.0 Å². The minimum absolute atomic E-state index is 0.0974. The molecule has 0 radical (unpaired) electrons. The molecule has 0 aromatic heterocycles. The van der Waals surface area contributed by atoms with Crippen LogP contribution in [0.3, 0.4) is 0 Å². The third kappa shape index (κ3) is 7.08. The predicted molar refractivity (Wildman–Crippen MR) is 75.5 cm³/mol. The molecule has 0 fully saturated rings. The lowest BCUT2D eigenvalue weighted by molar-refractivity contribution is -0.398. The fraction of sp³-hybridized carbons (Fsp3) is 0.786. The number of carbonyl (C=O) groups is 3. The van der Waals surface area contributed by atoms with E-state index in [0.717, 1.165) is 0 Å². The van der Waals surface area contributed by atoms with E-state index in [1.807, 2.05) is 13.8 Å². The summed E-state index contributed by atoms with van der Waals surface area (Å²) in [5.74, 6) is -2.27. The van der Waals surface area contributed by atoms with E-state index >= 15 is 0 Å². The van der Waals surface area contributed by atoms with Crippen LogP contribution in [-0.4, -0.2) is 35.9 Å². The van der Waals surface area contributed by atoms with Gasteiger partial charge in [0.1, 0.15) is 6.04 Å². The summed E-state index contributed by atoms with van der Waals surface area (Å²) in [5, 5.41) is 16.1. The molecule has 0 saturated carbocycles. The Hall–Kier alpha value is -1.63. The topological polar surface area (TPSA) is 126 Å². The number of hydrogen-bond donors (Lipinski definition) is 3. The Kier molecular flexibility index (Phi) is 7.94. The molecule has 0 aliphatic carbocycles. The molecule has 0 bridgehead atoms. The number of rotatable bonds is 8. The highest BCUT2D eigenvalue weighted by molar-refractivity contribution is 5.91. The van der Waals surface area contributed by atoms with Gasteiger partial charge in [-0.15, -0.1) is 0 Å². The summed E-state index contributed by atoms with van der Waals surface area (Å²) >= 11 is 0. The van der Waals surface area contributed by atoms with Crippen LogP contribution in [0.4, 0.5) is 0 Å². The van der Waals surface area contributed by atoms with Gasteiger partial charge in [0.05, 0.1) is 12.0 Å². The van der Waals surface area contributed by atoms with Crippen molar-refractivity contribution in [2.24, 2.45) is 11.8 Å². The zero-order valence-electron chi connectivity index (χ0n) is 13.4. The van der Waals surface area contributed by atoms with Gasteiger partial charge in [0.2, 0.25) is 5.91 Å². The average molecular weight is 301 g/mol. The van der Waals surface area contributed by atoms with Crippen molar-refractivity contribution in [1.29, 1.82) is 0 Å². The average Bonchev–Trinajstić information content (AvgIpc) is 2.33. The number of nitrogens with one attached hydrogen (secondary N) is 2. The van der Waals surface area contributed by atoms with Crippen LogP contribution in [0.25, 0.3) is 0 Å². The van der Waals surface area contributed by atoms with E-state index in [1.54, 1.807) is 20.8 Å². The highest BCUT2D eigenvalue weighted by atomic mass is 16.4. The van der Waals surface area contributed by atoms with Crippen molar-refractivity contribution in [2.75, 3.05) is 0 Å². The minimum atomic E-state index is -1.32. The molecular weight excluding hydrogens is 274 g/mol. The zero-order valence-corrected chi connectivity index (χ0v) is 13.4. The number of carboxylic acid groups (broad SMARTS) is 1. The van der Waals surface area contributed by atoms with Gasteiger partial charge < -0.3 is 26.3 Å². The van der Waals surface area contributed by atoms with Gasteiger partial charge in [-0.2, -0.15) is 0 Å². The van der Waals surface area contributed by atoms with Crippen molar-refractivity contribution >= 4 is 17.8 Å². The molecule has 7 nitrogen and oxygen atoms in total. The minimum Gasteiger partial charge on any atom is -0.548 e. The second-order valence-electron chi connectivity index (χ2n) is 6.14. The zero-order chi connectivity index (χ0) is 16.7. The normalized spacial score (nSPS) is 15.4. The van der Waals surface area contributed by atoms with E-state index in [-0.39, 0.29) is 24.2 Å². The van der Waals surface area contributed by atoms with Crippen LogP contribution < -0.4 is 21.5 Å². The van der Waals surface area contributed by atoms with Crippen molar-refractivity contribution in [3.63, 3.8) is 0 Å². The lowest BCUT2D eigenvalue weighted by atomic mass is 10.00. The molecule has 0 unspecified atom stereocenters. The maximum Gasteiger partial charge on any atom is 0.278 e. The largest absolute Gasteiger partial charge is 0.548 e. The maximum absolute atomic E-state index is 12.2. The molecular formula is C14H27N3O4. The third-order valence-corrected chi connectivity index (χ3v) is 3.00. The summed E-state index contributed by atoms with van der Waals surface area (Å²) in [6, 6.07) is -2.35. The highest BCUT2D eigenvalue weighted by Gasteiger charge is 2.28. The molecule has 2 amide bonds. The molecule has 0 heterocycles. The third-order valence-electron chi connectivity index (χ3n) is 3.00. The smallest absolute Gasteiger partial charge is 0.278 e. The summed E-state index contributed by atoms with van der Waals surface area (Å²) in [7, 11) is 0. The fourth-order valence-electron chi connectivity index (χ4n) is 1.78. The van der Waals surface area contributed by atoms with Crippen molar-refractivity contribution in [3.05, 3.63) is 0 Å². The number of quaternary nitrogens is 1. The second-order valence-corrected chi connectivity index (χ2v) is 6.14. The second kappa shape index (κ2) is 8.61. The van der Waals surface area contributed by atoms with E-state index < -0.39 is 30.0 Å². The Morgan fingerprint density at radius 2 is 1.52 bits per heavy atom. The Balaban J connectivity index is 4.88. The first-order chi connectivity index (χ1) is 9.56. The Morgan fingerprint density at radius 1 is 1.00 bits per heavy atom. The molecule has 0 rings (SSSR count). The summed E-state index contributed by atoms with van der Waals surface area (Å²) in [4.78, 5) is 34.9. The quantitative estimate of drug-likeness (QED) is 0.481. The van der Waals surface area contributed by atoms with E-state index in [9.17, 15) is 19.5 Å². The van der Waals surface area contributed by atoms with Crippen LogP contribution in [0.2, 0.25) is 0 Å². The van der Waals surface area contributed by atoms with Gasteiger partial charge in [0.25, 0.3) is 5.91 Å². The van der Waals surface area contributed by atoms with Crippen LogP contribution in [0, 0.1) is 11.8 Å². The molecule has 7 heteroatoms. The molecule has 0 aromatic carbocycles. The highest BCUT2D eigenvalue weighted by Crippen LogP contribution is 2.07. The number of hydrogen-bond acceptors (Lipinski definition) is 4. The first kappa shape index (κ1) is 19.4. The molecule has 0 aliphatic rings. The SMILES string of the molecule is CC(C)C[C@H](NC(=O)[C@@H](NC(=O)[C@H](C)[NH3+])C(C)C)C(=O)[O-]. The summed E-state index contributed by atoms with van der Waals surface area (Å²) in [6.45, 7) is 8.87. The molecule has 122 valence electrons. The van der Waals surface area contributed by atoms with Crippen LogP contribution >= 0.6 is 0 Å². The number of amides is 2. The summed E-state index contributed by atoms with van der Waals surface area (Å²) in [5.41, 5.74) is 3.59. The molecule has 0 saturated heterocycles. The van der Waals surface area contributed by atoms with Gasteiger partial charge in [-0.3, -0.25) is 9.59 Å². The molecule has 0 aromatic rings. The van der Waals surface area contributed by atoms with E-state index in [0.29, 0.717) is 0 Å². The van der Waals surface area contributed by atoms with E-state index in [4.69, 9.17) is 0 Å². The Morgan fingerprint density at radius 3 is 1.86 bits per heavy atom. The summed E-state index contributed by atoms with van der Waals surface area (Å²) < 4.78 is 0. The molecule has 5 N–H and O–H groups in total. The van der Waals surface area contributed by atoms with Gasteiger partial charge >= 0.3 is 0 Å². The van der Waals surface area contributed by atoms with Gasteiger partial charge in [-0.25, -0.2) is 0 Å². The first-order valence-electron chi connectivity index (χ1n) is 7.20. The molecule has 3 atom stereocenters. The van der Waals surface area contributed by atoms with E-state index in [2.05, 4.69) is 16.4 Å². The first-order valence-corrected chi connectivity index (χ1v) is 7.20.